The van der Waals surface area contributed by atoms with Crippen molar-refractivity contribution >= 4 is 33.3 Å². The number of rotatable bonds is 3. The number of fused-ring (bicyclic) bond motifs is 1. The van der Waals surface area contributed by atoms with Crippen molar-refractivity contribution in [3.63, 3.8) is 0 Å². The molecular weight excluding hydrogens is 476 g/mol. The van der Waals surface area contributed by atoms with Crippen LogP contribution in [0.3, 0.4) is 0 Å². The lowest BCUT2D eigenvalue weighted by atomic mass is 10.2. The van der Waals surface area contributed by atoms with Crippen LogP contribution in [0.4, 0.5) is 31.3 Å². The van der Waals surface area contributed by atoms with Crippen LogP contribution in [0.15, 0.2) is 18.2 Å². The van der Waals surface area contributed by atoms with Crippen molar-refractivity contribution in [1.29, 1.82) is 0 Å². The quantitative estimate of drug-likeness (QED) is 0.538. The fourth-order valence-corrected chi connectivity index (χ4v) is 4.68. The first-order valence-corrected chi connectivity index (χ1v) is 10.5. The van der Waals surface area contributed by atoms with Gasteiger partial charge in [-0.05, 0) is 19.1 Å². The zero-order valence-corrected chi connectivity index (χ0v) is 18.0. The van der Waals surface area contributed by atoms with Crippen molar-refractivity contribution in [3.8, 4) is 17.3 Å². The van der Waals surface area contributed by atoms with Crippen LogP contribution in [-0.4, -0.2) is 57.8 Å². The number of carbonyl (C=O) groups is 1. The van der Waals surface area contributed by atoms with Crippen molar-refractivity contribution < 1.29 is 35.9 Å². The molecule has 3 aromatic rings. The Balaban J connectivity index is 1.73. The fraction of sp³-hybridized carbons (Fsp3) is 0.421. The van der Waals surface area contributed by atoms with Gasteiger partial charge in [0.2, 0.25) is 10.9 Å². The molecule has 0 saturated carbocycles. The number of imidazole rings is 1. The average molecular weight is 493 g/mol. The molecule has 7 nitrogen and oxygen atoms in total. The molecule has 0 unspecified atom stereocenters. The van der Waals surface area contributed by atoms with E-state index in [-0.39, 0.29) is 46.0 Å². The van der Waals surface area contributed by atoms with Crippen LogP contribution in [0.5, 0.6) is 5.75 Å². The predicted octanol–water partition coefficient (Wildman–Crippen LogP) is 4.66. The number of amides is 1. The van der Waals surface area contributed by atoms with E-state index in [0.29, 0.717) is 24.4 Å². The minimum Gasteiger partial charge on any atom is -0.406 e. The van der Waals surface area contributed by atoms with Gasteiger partial charge in [0.25, 0.3) is 0 Å². The molecule has 14 heteroatoms. The van der Waals surface area contributed by atoms with Crippen LogP contribution < -0.4 is 9.64 Å². The summed E-state index contributed by atoms with van der Waals surface area (Å²) in [6.45, 7) is 4.13. The summed E-state index contributed by atoms with van der Waals surface area (Å²) in [6.07, 6.45) is -9.58. The number of ether oxygens (including phenoxy) is 1. The molecule has 2 aromatic heterocycles. The standard InChI is InChI=1S/C19H17F6N5O2S/c1-9-8-29(5-6-30(9)10(2)31)16-14(28-17(33-16)18(20,21)22)15-26-12-4-3-11(7-13(12)27-15)32-19(23,24)25/h3-4,7,9H,5-6,8H2,1-2H3,(H,26,27)/t9-/m1/s1. The van der Waals surface area contributed by atoms with Gasteiger partial charge in [0.15, 0.2) is 5.82 Å². The van der Waals surface area contributed by atoms with Gasteiger partial charge in [-0.2, -0.15) is 13.2 Å². The van der Waals surface area contributed by atoms with Gasteiger partial charge in [0.05, 0.1) is 11.0 Å². The van der Waals surface area contributed by atoms with E-state index in [1.54, 1.807) is 16.7 Å². The lowest BCUT2D eigenvalue weighted by Gasteiger charge is -2.40. The zero-order chi connectivity index (χ0) is 24.1. The van der Waals surface area contributed by atoms with Crippen molar-refractivity contribution in [3.05, 3.63) is 23.2 Å². The highest BCUT2D eigenvalue weighted by Gasteiger charge is 2.39. The Morgan fingerprint density at radius 2 is 1.91 bits per heavy atom. The fourth-order valence-electron chi connectivity index (χ4n) is 3.71. The number of hydrogen-bond acceptors (Lipinski definition) is 6. The Labute approximate surface area is 187 Å². The van der Waals surface area contributed by atoms with Gasteiger partial charge >= 0.3 is 12.5 Å². The first-order chi connectivity index (χ1) is 15.3. The molecule has 1 atom stereocenters. The number of nitrogens with zero attached hydrogens (tertiary/aromatic N) is 4. The number of carbonyl (C=O) groups excluding carboxylic acids is 1. The van der Waals surface area contributed by atoms with Crippen LogP contribution >= 0.6 is 11.3 Å². The molecule has 0 aliphatic carbocycles. The first-order valence-electron chi connectivity index (χ1n) is 9.68. The highest BCUT2D eigenvalue weighted by atomic mass is 32.1. The summed E-state index contributed by atoms with van der Waals surface area (Å²) >= 11 is 0.453. The van der Waals surface area contributed by atoms with Gasteiger partial charge < -0.3 is 19.5 Å². The number of nitrogens with one attached hydrogen (secondary N) is 1. The van der Waals surface area contributed by atoms with E-state index >= 15 is 0 Å². The summed E-state index contributed by atoms with van der Waals surface area (Å²) in [7, 11) is 0. The predicted molar refractivity (Wildman–Crippen MR) is 108 cm³/mol. The topological polar surface area (TPSA) is 74.3 Å². The molecule has 1 N–H and O–H groups in total. The molecule has 178 valence electrons. The maximum atomic E-state index is 13.4. The molecule has 1 aromatic carbocycles. The summed E-state index contributed by atoms with van der Waals surface area (Å²) in [4.78, 5) is 25.8. The maximum absolute atomic E-state index is 13.4. The van der Waals surface area contributed by atoms with Crippen LogP contribution in [-0.2, 0) is 11.0 Å². The molecular formula is C19H17F6N5O2S. The number of halogens is 6. The molecule has 1 fully saturated rings. The minimum absolute atomic E-state index is 0.0161. The van der Waals surface area contributed by atoms with Crippen LogP contribution in [0, 0.1) is 0 Å². The second kappa shape index (κ2) is 8.08. The summed E-state index contributed by atoms with van der Waals surface area (Å²) < 4.78 is 81.7. The van der Waals surface area contributed by atoms with Crippen molar-refractivity contribution in [2.45, 2.75) is 32.4 Å². The number of alkyl halides is 6. The first kappa shape index (κ1) is 23.1. The van der Waals surface area contributed by atoms with Crippen LogP contribution in [0.25, 0.3) is 22.6 Å². The number of aromatic nitrogens is 3. The molecule has 33 heavy (non-hydrogen) atoms. The number of aromatic amines is 1. The van der Waals surface area contributed by atoms with E-state index in [4.69, 9.17) is 0 Å². The van der Waals surface area contributed by atoms with Crippen molar-refractivity contribution in [1.82, 2.24) is 19.9 Å². The highest BCUT2D eigenvalue weighted by Crippen LogP contribution is 2.43. The summed E-state index contributed by atoms with van der Waals surface area (Å²) in [5.41, 5.74) is 0.320. The number of thiazole rings is 1. The molecule has 4 rings (SSSR count). The van der Waals surface area contributed by atoms with Gasteiger partial charge in [0, 0.05) is 38.7 Å². The number of benzene rings is 1. The molecule has 3 heterocycles. The largest absolute Gasteiger partial charge is 0.573 e. The van der Waals surface area contributed by atoms with E-state index in [9.17, 15) is 31.1 Å². The molecule has 0 radical (unpaired) electrons. The van der Waals surface area contributed by atoms with Crippen molar-refractivity contribution in [2.24, 2.45) is 0 Å². The molecule has 1 amide bonds. The van der Waals surface area contributed by atoms with E-state index in [1.165, 1.54) is 13.0 Å². The molecule has 1 aliphatic rings. The zero-order valence-electron chi connectivity index (χ0n) is 17.2. The summed E-state index contributed by atoms with van der Waals surface area (Å²) in [5, 5.41) is -0.862. The smallest absolute Gasteiger partial charge is 0.406 e. The maximum Gasteiger partial charge on any atom is 0.573 e. The molecule has 0 bridgehead atoms. The Morgan fingerprint density at radius 1 is 1.18 bits per heavy atom. The SMILES string of the molecule is CC(=O)N1CCN(c2sc(C(F)(F)F)nc2-c2nc3ccc(OC(F)(F)F)cc3[nH]2)C[C@H]1C. The van der Waals surface area contributed by atoms with Gasteiger partial charge in [-0.1, -0.05) is 11.3 Å². The number of anilines is 1. The minimum atomic E-state index is -4.89. The number of H-pyrrole nitrogens is 1. The van der Waals surface area contributed by atoms with Gasteiger partial charge in [-0.3, -0.25) is 4.79 Å². The van der Waals surface area contributed by atoms with Gasteiger partial charge in [-0.15, -0.1) is 13.2 Å². The normalized spacial score (nSPS) is 17.6. The Kier molecular flexibility index (Phi) is 5.66. The van der Waals surface area contributed by atoms with E-state index < -0.39 is 23.3 Å². The Bertz CT molecular complexity index is 1190. The van der Waals surface area contributed by atoms with Crippen LogP contribution in [0.1, 0.15) is 18.9 Å². The lowest BCUT2D eigenvalue weighted by molar-refractivity contribution is -0.274. The van der Waals surface area contributed by atoms with Gasteiger partial charge in [-0.25, -0.2) is 9.97 Å². The average Bonchev–Trinajstić information content (AvgIpc) is 3.30. The summed E-state index contributed by atoms with van der Waals surface area (Å²) in [5.74, 6) is -0.636. The molecule has 1 saturated heterocycles. The van der Waals surface area contributed by atoms with E-state index in [0.717, 1.165) is 12.1 Å². The molecule has 1 aliphatic heterocycles. The van der Waals surface area contributed by atoms with Gasteiger partial charge in [0.1, 0.15) is 16.4 Å². The van der Waals surface area contributed by atoms with E-state index in [2.05, 4.69) is 19.7 Å². The third-order valence-corrected chi connectivity index (χ3v) is 6.24. The third kappa shape index (κ3) is 4.84. The lowest BCUT2D eigenvalue weighted by Crippen LogP contribution is -2.53. The third-order valence-electron chi connectivity index (χ3n) is 5.08. The number of piperazine rings is 1. The van der Waals surface area contributed by atoms with E-state index in [1.807, 2.05) is 0 Å². The summed E-state index contributed by atoms with van der Waals surface area (Å²) in [6, 6.07) is 3.15. The van der Waals surface area contributed by atoms with Crippen molar-refractivity contribution in [2.75, 3.05) is 24.5 Å². The second-order valence-electron chi connectivity index (χ2n) is 7.49. The monoisotopic (exact) mass is 493 g/mol. The Morgan fingerprint density at radius 3 is 2.52 bits per heavy atom. The Hall–Kier alpha value is -3.03. The highest BCUT2D eigenvalue weighted by molar-refractivity contribution is 7.16. The van der Waals surface area contributed by atoms with Crippen LogP contribution in [0.2, 0.25) is 0 Å². The molecule has 0 spiro atoms. The second-order valence-corrected chi connectivity index (χ2v) is 8.47. The number of hydrogen-bond donors (Lipinski definition) is 1.